The molecule has 188 valence electrons. The molecule has 0 saturated carbocycles. The van der Waals surface area contributed by atoms with E-state index in [0.29, 0.717) is 27.0 Å². The van der Waals surface area contributed by atoms with Crippen LogP contribution in [0.2, 0.25) is 5.02 Å². The summed E-state index contributed by atoms with van der Waals surface area (Å²) < 4.78 is 81.2. The number of urea groups is 1. The molecule has 1 aliphatic rings. The summed E-state index contributed by atoms with van der Waals surface area (Å²) in [5, 5.41) is 24.4. The highest BCUT2D eigenvalue weighted by molar-refractivity contribution is 6.33. The van der Waals surface area contributed by atoms with Crippen LogP contribution in [0, 0.1) is 17.5 Å². The van der Waals surface area contributed by atoms with Crippen LogP contribution in [0.4, 0.5) is 42.5 Å². The largest absolute Gasteiger partial charge is 0.431 e. The summed E-state index contributed by atoms with van der Waals surface area (Å²) in [4.78, 5) is 12.6. The van der Waals surface area contributed by atoms with E-state index >= 15 is 0 Å². The van der Waals surface area contributed by atoms with Crippen molar-refractivity contribution in [3.05, 3.63) is 70.1 Å². The number of carbonyl (C=O) groups is 1. The highest BCUT2D eigenvalue weighted by atomic mass is 35.5. The fourth-order valence-electron chi connectivity index (χ4n) is 3.23. The van der Waals surface area contributed by atoms with Crippen LogP contribution in [0.5, 0.6) is 0 Å². The average Bonchev–Trinajstić information content (AvgIpc) is 2.71. The van der Waals surface area contributed by atoms with Crippen LogP contribution >= 0.6 is 11.6 Å². The summed E-state index contributed by atoms with van der Waals surface area (Å²) >= 11 is 5.98. The maximum atomic E-state index is 14.7. The second kappa shape index (κ2) is 9.64. The summed E-state index contributed by atoms with van der Waals surface area (Å²) in [7, 11) is 0.877. The number of hydrazone groups is 1. The third-order valence-electron chi connectivity index (χ3n) is 4.81. The van der Waals surface area contributed by atoms with Gasteiger partial charge in [-0.25, -0.2) is 18.0 Å². The molecule has 0 bridgehead atoms. The Morgan fingerprint density at radius 2 is 1.74 bits per heavy atom. The maximum absolute atomic E-state index is 14.7. The molecule has 2 unspecified atom stereocenters. The fourth-order valence-corrected chi connectivity index (χ4v) is 3.43. The van der Waals surface area contributed by atoms with Gasteiger partial charge in [-0.2, -0.15) is 23.3 Å². The summed E-state index contributed by atoms with van der Waals surface area (Å²) in [6.45, 7) is 0. The van der Waals surface area contributed by atoms with E-state index in [9.17, 15) is 41.4 Å². The molecule has 0 radical (unpaired) electrons. The number of hydrogen-bond acceptors (Lipinski definition) is 6. The lowest BCUT2D eigenvalue weighted by Crippen LogP contribution is -2.56. The van der Waals surface area contributed by atoms with Gasteiger partial charge in [-0.05, 0) is 30.3 Å². The molecule has 0 aliphatic carbocycles. The second-order valence-electron chi connectivity index (χ2n) is 7.18. The molecule has 1 heterocycles. The summed E-state index contributed by atoms with van der Waals surface area (Å²) in [5.74, 6) is -3.19. The molecule has 3 rings (SSSR count). The second-order valence-corrected chi connectivity index (χ2v) is 7.58. The molecule has 8 nitrogen and oxygen atoms in total. The number of aliphatic hydroxyl groups excluding tert-OH is 2. The number of carbonyl (C=O) groups excluding carboxylic acids is 1. The third kappa shape index (κ3) is 5.44. The zero-order valence-corrected chi connectivity index (χ0v) is 18.3. The van der Waals surface area contributed by atoms with Gasteiger partial charge < -0.3 is 20.8 Å². The Hall–Kier alpha value is -3.49. The number of aliphatic hydroxyl groups is 2. The number of alkyl halides is 3. The number of primary amides is 1. The van der Waals surface area contributed by atoms with Crippen LogP contribution < -0.4 is 15.6 Å². The van der Waals surface area contributed by atoms with Crippen LogP contribution in [0.15, 0.2) is 47.2 Å². The van der Waals surface area contributed by atoms with Gasteiger partial charge in [0.25, 0.3) is 0 Å². The van der Waals surface area contributed by atoms with E-state index in [-0.39, 0.29) is 10.6 Å². The molecule has 0 fully saturated rings. The van der Waals surface area contributed by atoms with Gasteiger partial charge in [0.2, 0.25) is 6.35 Å². The Bertz CT molecular complexity index is 1190. The van der Waals surface area contributed by atoms with Crippen LogP contribution in [-0.4, -0.2) is 53.2 Å². The van der Waals surface area contributed by atoms with Gasteiger partial charge in [-0.1, -0.05) is 11.6 Å². The number of nitrogens with zero attached hydrogens (tertiary/aromatic N) is 4. The van der Waals surface area contributed by atoms with Crippen molar-refractivity contribution >= 4 is 35.2 Å². The third-order valence-corrected chi connectivity index (χ3v) is 5.14. The molecule has 2 aromatic carbocycles. The SMILES string of the molecule is CN1C(C(F)(F)F)=CC(O)N(c2cc(/C=N/N(C(N)=O)c3cc(F)cc(F)c3)c(Cl)cc2F)C1O. The normalized spacial score (nSPS) is 18.7. The lowest BCUT2D eigenvalue weighted by atomic mass is 10.1. The fraction of sp³-hybridized carbons (Fsp3) is 0.200. The number of halogens is 7. The molecule has 1 aliphatic heterocycles. The Morgan fingerprint density at radius 3 is 2.29 bits per heavy atom. The molecule has 35 heavy (non-hydrogen) atoms. The predicted molar refractivity (Wildman–Crippen MR) is 114 cm³/mol. The van der Waals surface area contributed by atoms with E-state index in [1.165, 1.54) is 0 Å². The Labute approximate surface area is 198 Å². The van der Waals surface area contributed by atoms with E-state index in [4.69, 9.17) is 17.3 Å². The first kappa shape index (κ1) is 26.1. The highest BCUT2D eigenvalue weighted by Gasteiger charge is 2.45. The number of rotatable bonds is 4. The standard InChI is InChI=1S/C20H16ClF6N5O3/c1-30-16(20(25,26)27)7-17(33)31(19(30)35)15-2-9(13(21)6-14(15)24)8-29-32(18(28)34)12-4-10(22)3-11(23)5-12/h2-8,17,19,33,35H,1H3,(H2,28,34)/b29-8+. The van der Waals surface area contributed by atoms with E-state index in [1.807, 2.05) is 0 Å². The van der Waals surface area contributed by atoms with E-state index in [0.717, 1.165) is 37.5 Å². The van der Waals surface area contributed by atoms with Gasteiger partial charge in [-0.15, -0.1) is 0 Å². The number of hydrogen-bond donors (Lipinski definition) is 3. The first-order valence-corrected chi connectivity index (χ1v) is 9.83. The van der Waals surface area contributed by atoms with E-state index in [2.05, 4.69) is 5.10 Å². The molecule has 0 spiro atoms. The zero-order chi connectivity index (χ0) is 26.2. The molecule has 2 amide bonds. The average molecular weight is 524 g/mol. The molecule has 4 N–H and O–H groups in total. The number of allylic oxidation sites excluding steroid dienone is 1. The molecule has 15 heteroatoms. The minimum Gasteiger partial charge on any atom is -0.370 e. The number of nitrogens with two attached hydrogens (primary N) is 1. The Kier molecular flexibility index (Phi) is 7.19. The highest BCUT2D eigenvalue weighted by Crippen LogP contribution is 2.37. The minimum absolute atomic E-state index is 0.154. The molecule has 2 atom stereocenters. The predicted octanol–water partition coefficient (Wildman–Crippen LogP) is 3.47. The number of amides is 2. The van der Waals surface area contributed by atoms with Crippen molar-refractivity contribution < 1.29 is 41.4 Å². The van der Waals surface area contributed by atoms with Gasteiger partial charge >= 0.3 is 12.2 Å². The number of anilines is 2. The van der Waals surface area contributed by atoms with Gasteiger partial charge in [0.05, 0.1) is 22.6 Å². The quantitative estimate of drug-likeness (QED) is 0.323. The van der Waals surface area contributed by atoms with Crippen LogP contribution in [-0.2, 0) is 0 Å². The van der Waals surface area contributed by atoms with Crippen molar-refractivity contribution in [3.8, 4) is 0 Å². The lowest BCUT2D eigenvalue weighted by molar-refractivity contribution is -0.133. The van der Waals surface area contributed by atoms with Crippen molar-refractivity contribution in [3.63, 3.8) is 0 Å². The van der Waals surface area contributed by atoms with Crippen molar-refractivity contribution in [1.29, 1.82) is 0 Å². The van der Waals surface area contributed by atoms with E-state index < -0.39 is 59.3 Å². The minimum atomic E-state index is -4.91. The van der Waals surface area contributed by atoms with Crippen molar-refractivity contribution in [2.75, 3.05) is 17.0 Å². The molecule has 0 saturated heterocycles. The van der Waals surface area contributed by atoms with Crippen molar-refractivity contribution in [2.24, 2.45) is 10.8 Å². The summed E-state index contributed by atoms with van der Waals surface area (Å²) in [5.41, 5.74) is 2.72. The Morgan fingerprint density at radius 1 is 1.14 bits per heavy atom. The molecular weight excluding hydrogens is 508 g/mol. The van der Waals surface area contributed by atoms with Crippen LogP contribution in [0.1, 0.15) is 5.56 Å². The van der Waals surface area contributed by atoms with Gasteiger partial charge in [0.1, 0.15) is 23.1 Å². The van der Waals surface area contributed by atoms with Crippen molar-refractivity contribution in [1.82, 2.24) is 4.90 Å². The first-order chi connectivity index (χ1) is 16.2. The zero-order valence-electron chi connectivity index (χ0n) is 17.5. The maximum Gasteiger partial charge on any atom is 0.431 e. The smallest absolute Gasteiger partial charge is 0.370 e. The monoisotopic (exact) mass is 523 g/mol. The van der Waals surface area contributed by atoms with Gasteiger partial charge in [0.15, 0.2) is 6.23 Å². The van der Waals surface area contributed by atoms with Crippen molar-refractivity contribution in [2.45, 2.75) is 18.8 Å². The lowest BCUT2D eigenvalue weighted by Gasteiger charge is -2.43. The Balaban J connectivity index is 2.02. The molecule has 0 aromatic heterocycles. The topological polar surface area (TPSA) is 106 Å². The van der Waals surface area contributed by atoms with Crippen LogP contribution in [0.3, 0.4) is 0 Å². The number of benzene rings is 2. The van der Waals surface area contributed by atoms with Gasteiger partial charge in [0, 0.05) is 18.7 Å². The molecule has 2 aromatic rings. The van der Waals surface area contributed by atoms with Crippen LogP contribution in [0.25, 0.3) is 0 Å². The first-order valence-electron chi connectivity index (χ1n) is 9.45. The summed E-state index contributed by atoms with van der Waals surface area (Å²) in [6, 6.07) is 2.43. The van der Waals surface area contributed by atoms with E-state index in [1.54, 1.807) is 0 Å². The molecular formula is C20H16ClF6N5O3. The van der Waals surface area contributed by atoms with Gasteiger partial charge in [-0.3, -0.25) is 4.90 Å². The summed E-state index contributed by atoms with van der Waals surface area (Å²) in [6.07, 6.45) is -7.95.